The third-order valence-corrected chi connectivity index (χ3v) is 5.81. The molecule has 2 atom stereocenters. The highest BCUT2D eigenvalue weighted by Gasteiger charge is 2.62. The lowest BCUT2D eigenvalue weighted by atomic mass is 9.68. The fourth-order valence-corrected chi connectivity index (χ4v) is 4.61. The minimum Gasteiger partial charge on any atom is -0.465 e. The van der Waals surface area contributed by atoms with Gasteiger partial charge in [0.1, 0.15) is 5.41 Å². The second-order valence-corrected chi connectivity index (χ2v) is 7.26. The van der Waals surface area contributed by atoms with Gasteiger partial charge in [-0.1, -0.05) is 12.2 Å². The molecule has 2 aliphatic heterocycles. The molecule has 2 saturated heterocycles. The van der Waals surface area contributed by atoms with Gasteiger partial charge < -0.3 is 14.5 Å². The van der Waals surface area contributed by atoms with Crippen molar-refractivity contribution in [1.82, 2.24) is 9.80 Å². The van der Waals surface area contributed by atoms with Gasteiger partial charge in [-0.25, -0.2) is 0 Å². The van der Waals surface area contributed by atoms with E-state index in [4.69, 9.17) is 4.74 Å². The molecule has 3 aliphatic rings. The van der Waals surface area contributed by atoms with Gasteiger partial charge in [0.15, 0.2) is 0 Å². The fourth-order valence-electron chi connectivity index (χ4n) is 4.61. The average molecular weight is 360 g/mol. The van der Waals surface area contributed by atoms with E-state index >= 15 is 0 Å². The molecule has 6 heteroatoms. The molecular weight excluding hydrogens is 332 g/mol. The third kappa shape index (κ3) is 2.95. The summed E-state index contributed by atoms with van der Waals surface area (Å²) in [5, 5.41) is 0. The van der Waals surface area contributed by atoms with Crippen molar-refractivity contribution in [3.8, 4) is 0 Å². The first kappa shape index (κ1) is 18.7. The average Bonchev–Trinajstić information content (AvgIpc) is 3.25. The Morgan fingerprint density at radius 1 is 1.35 bits per heavy atom. The Bertz CT molecular complexity index is 636. The Labute approximate surface area is 154 Å². The largest absolute Gasteiger partial charge is 0.465 e. The number of carbonyl (C=O) groups excluding carboxylic acids is 3. The number of hydrogen-bond donors (Lipinski definition) is 0. The number of nitrogens with zero attached hydrogens (tertiary/aromatic N) is 2. The number of hydrogen-bond acceptors (Lipinski definition) is 4. The van der Waals surface area contributed by atoms with Gasteiger partial charge >= 0.3 is 5.97 Å². The van der Waals surface area contributed by atoms with Crippen LogP contribution in [0.25, 0.3) is 0 Å². The highest BCUT2D eigenvalue weighted by molar-refractivity contribution is 5.99. The minimum absolute atomic E-state index is 0.0325. The van der Waals surface area contributed by atoms with Gasteiger partial charge in [0, 0.05) is 31.8 Å². The first-order valence-electron chi connectivity index (χ1n) is 9.64. The molecule has 2 fully saturated rings. The zero-order chi connectivity index (χ0) is 18.7. The van der Waals surface area contributed by atoms with Crippen LogP contribution in [-0.4, -0.2) is 53.8 Å². The predicted molar refractivity (Wildman–Crippen MR) is 96.8 cm³/mol. The molecule has 142 valence electrons. The Hall–Kier alpha value is -2.11. The lowest BCUT2D eigenvalue weighted by Gasteiger charge is -2.35. The molecule has 0 N–H and O–H groups in total. The second kappa shape index (κ2) is 7.64. The molecule has 2 heterocycles. The summed E-state index contributed by atoms with van der Waals surface area (Å²) >= 11 is 0. The summed E-state index contributed by atoms with van der Waals surface area (Å²) in [5.41, 5.74) is -0.310. The van der Waals surface area contributed by atoms with Crippen LogP contribution in [0, 0.1) is 11.3 Å². The number of allylic oxidation sites excluding steroid dienone is 1. The molecule has 0 bridgehead atoms. The number of fused-ring (bicyclic) bond motifs is 1. The van der Waals surface area contributed by atoms with Gasteiger partial charge in [-0.05, 0) is 39.0 Å². The summed E-state index contributed by atoms with van der Waals surface area (Å²) in [6.07, 6.45) is 7.89. The molecule has 6 nitrogen and oxygen atoms in total. The zero-order valence-electron chi connectivity index (χ0n) is 15.5. The summed E-state index contributed by atoms with van der Waals surface area (Å²) in [6, 6.07) is 0. The Morgan fingerprint density at radius 3 is 2.73 bits per heavy atom. The van der Waals surface area contributed by atoms with Crippen LogP contribution in [0.4, 0.5) is 0 Å². The van der Waals surface area contributed by atoms with Crippen LogP contribution in [0.2, 0.25) is 0 Å². The molecular formula is C20H28N2O4. The summed E-state index contributed by atoms with van der Waals surface area (Å²) in [6.45, 7) is 7.59. The van der Waals surface area contributed by atoms with Crippen LogP contribution in [0.1, 0.15) is 45.4 Å². The van der Waals surface area contributed by atoms with E-state index in [0.29, 0.717) is 18.7 Å². The maximum Gasteiger partial charge on any atom is 0.318 e. The summed E-state index contributed by atoms with van der Waals surface area (Å²) in [7, 11) is 0. The van der Waals surface area contributed by atoms with Gasteiger partial charge in [0.05, 0.1) is 12.5 Å². The molecule has 26 heavy (non-hydrogen) atoms. The minimum atomic E-state index is -1.02. The first-order valence-corrected chi connectivity index (χ1v) is 9.64. The number of esters is 1. The quantitative estimate of drug-likeness (QED) is 0.538. The van der Waals surface area contributed by atoms with E-state index in [9.17, 15) is 14.4 Å². The maximum absolute atomic E-state index is 13.2. The van der Waals surface area contributed by atoms with E-state index in [2.05, 4.69) is 6.58 Å². The number of rotatable bonds is 6. The van der Waals surface area contributed by atoms with Crippen LogP contribution in [0.3, 0.4) is 0 Å². The van der Waals surface area contributed by atoms with E-state index in [0.717, 1.165) is 38.8 Å². The van der Waals surface area contributed by atoms with Gasteiger partial charge in [0.2, 0.25) is 11.8 Å². The summed E-state index contributed by atoms with van der Waals surface area (Å²) in [5.74, 6) is -1.24. The number of likely N-dealkylation sites (tertiary alicyclic amines) is 2. The van der Waals surface area contributed by atoms with Crippen LogP contribution >= 0.6 is 0 Å². The van der Waals surface area contributed by atoms with Crippen molar-refractivity contribution in [2.45, 2.75) is 45.4 Å². The van der Waals surface area contributed by atoms with Gasteiger partial charge in [-0.3, -0.25) is 14.4 Å². The Kier molecular flexibility index (Phi) is 5.49. The Morgan fingerprint density at radius 2 is 2.08 bits per heavy atom. The third-order valence-electron chi connectivity index (χ3n) is 5.81. The standard InChI is InChI=1S/C20H28N2O4/c1-3-11-22-16-9-5-6-10-20(16,19(25)26-4-2)15(18(22)24)14-17(23)21-12-7-8-13-21/h3,9,15H,1,4-8,10-14H2,2H3/t15-,20-/m0/s1. The van der Waals surface area contributed by atoms with Crippen molar-refractivity contribution >= 4 is 17.8 Å². The molecule has 0 aromatic heterocycles. The molecule has 0 aromatic rings. The van der Waals surface area contributed by atoms with Crippen molar-refractivity contribution < 1.29 is 19.1 Å². The smallest absolute Gasteiger partial charge is 0.318 e. The summed E-state index contributed by atoms with van der Waals surface area (Å²) in [4.78, 5) is 42.4. The molecule has 2 amide bonds. The monoisotopic (exact) mass is 360 g/mol. The van der Waals surface area contributed by atoms with E-state index in [1.165, 1.54) is 0 Å². The van der Waals surface area contributed by atoms with Crippen molar-refractivity contribution in [1.29, 1.82) is 0 Å². The summed E-state index contributed by atoms with van der Waals surface area (Å²) < 4.78 is 5.39. The lowest BCUT2D eigenvalue weighted by Crippen LogP contribution is -2.43. The van der Waals surface area contributed by atoms with Gasteiger partial charge in [-0.2, -0.15) is 0 Å². The molecule has 0 unspecified atom stereocenters. The van der Waals surface area contributed by atoms with Crippen LogP contribution in [0.15, 0.2) is 24.4 Å². The van der Waals surface area contributed by atoms with Crippen LogP contribution in [0.5, 0.6) is 0 Å². The van der Waals surface area contributed by atoms with E-state index in [1.807, 2.05) is 11.0 Å². The molecule has 0 aromatic carbocycles. The van der Waals surface area contributed by atoms with Crippen molar-refractivity contribution in [2.24, 2.45) is 11.3 Å². The molecule has 0 radical (unpaired) electrons. The maximum atomic E-state index is 13.2. The van der Waals surface area contributed by atoms with Crippen LogP contribution in [-0.2, 0) is 19.1 Å². The van der Waals surface area contributed by atoms with Crippen molar-refractivity contribution in [3.63, 3.8) is 0 Å². The van der Waals surface area contributed by atoms with E-state index in [1.54, 1.807) is 17.9 Å². The number of amides is 2. The van der Waals surface area contributed by atoms with Crippen molar-refractivity contribution in [3.05, 3.63) is 24.4 Å². The SMILES string of the molecule is C=CCN1C(=O)[C@H](CC(=O)N2CCCC2)[C@@]2(C(=O)OCC)CCCC=C12. The molecule has 1 aliphatic carbocycles. The predicted octanol–water partition coefficient (Wildman–Crippen LogP) is 2.26. The van der Waals surface area contributed by atoms with Gasteiger partial charge in [-0.15, -0.1) is 6.58 Å². The second-order valence-electron chi connectivity index (χ2n) is 7.26. The highest BCUT2D eigenvalue weighted by atomic mass is 16.5. The molecule has 0 saturated carbocycles. The molecule has 3 rings (SSSR count). The zero-order valence-corrected chi connectivity index (χ0v) is 15.5. The fraction of sp³-hybridized carbons (Fsp3) is 0.650. The van der Waals surface area contributed by atoms with Gasteiger partial charge in [0.25, 0.3) is 0 Å². The topological polar surface area (TPSA) is 66.9 Å². The van der Waals surface area contributed by atoms with E-state index in [-0.39, 0.29) is 30.8 Å². The Balaban J connectivity index is 1.97. The van der Waals surface area contributed by atoms with Crippen molar-refractivity contribution in [2.75, 3.05) is 26.2 Å². The first-order chi connectivity index (χ1) is 12.6. The highest BCUT2D eigenvalue weighted by Crippen LogP contribution is 2.53. The van der Waals surface area contributed by atoms with E-state index < -0.39 is 11.3 Å². The normalized spacial score (nSPS) is 28.0. The lowest BCUT2D eigenvalue weighted by molar-refractivity contribution is -0.158. The number of ether oxygens (including phenoxy) is 1. The molecule has 0 spiro atoms. The van der Waals surface area contributed by atoms with Crippen LogP contribution < -0.4 is 0 Å². The number of carbonyl (C=O) groups is 3.